The minimum atomic E-state index is 0.493. The average molecular weight is 251 g/mol. The van der Waals surface area contributed by atoms with E-state index in [9.17, 15) is 0 Å². The smallest absolute Gasteiger partial charge is 0.0220 e. The molecule has 104 valence electrons. The van der Waals surface area contributed by atoms with E-state index >= 15 is 0 Å². The minimum Gasteiger partial charge on any atom is -0.327 e. The second-order valence-electron chi connectivity index (χ2n) is 7.07. The summed E-state index contributed by atoms with van der Waals surface area (Å²) in [6.07, 6.45) is 7.02. The van der Waals surface area contributed by atoms with Crippen LogP contribution in [0, 0.1) is 17.8 Å². The summed E-state index contributed by atoms with van der Waals surface area (Å²) in [6.45, 7) is 3.75. The van der Waals surface area contributed by atoms with Gasteiger partial charge in [0.2, 0.25) is 0 Å². The summed E-state index contributed by atoms with van der Waals surface area (Å²) in [5, 5.41) is 0. The minimum absolute atomic E-state index is 0.493. The number of fused-ring (bicyclic) bond motifs is 2. The van der Waals surface area contributed by atoms with Gasteiger partial charge in [-0.1, -0.05) is 0 Å². The van der Waals surface area contributed by atoms with Gasteiger partial charge >= 0.3 is 0 Å². The molecule has 5 atom stereocenters. The Hall–Kier alpha value is -0.120. The van der Waals surface area contributed by atoms with Crippen LogP contribution in [0.15, 0.2) is 0 Å². The number of nitrogens with two attached hydrogens (primary N) is 1. The topological polar surface area (TPSA) is 32.5 Å². The zero-order valence-electron chi connectivity index (χ0n) is 12.0. The van der Waals surface area contributed by atoms with Crippen molar-refractivity contribution in [1.29, 1.82) is 0 Å². The number of nitrogens with zero attached hydrogens (tertiary/aromatic N) is 2. The van der Waals surface area contributed by atoms with Crippen LogP contribution in [0.3, 0.4) is 0 Å². The molecule has 3 aliphatic rings. The van der Waals surface area contributed by atoms with Crippen LogP contribution in [0.1, 0.15) is 32.1 Å². The van der Waals surface area contributed by atoms with Crippen LogP contribution in [-0.2, 0) is 0 Å². The molecule has 2 N–H and O–H groups in total. The first-order chi connectivity index (χ1) is 8.65. The summed E-state index contributed by atoms with van der Waals surface area (Å²) >= 11 is 0. The second kappa shape index (κ2) is 5.10. The van der Waals surface area contributed by atoms with E-state index in [1.54, 1.807) is 0 Å². The van der Waals surface area contributed by atoms with Gasteiger partial charge in [-0.05, 0) is 70.5 Å². The van der Waals surface area contributed by atoms with Gasteiger partial charge in [-0.15, -0.1) is 0 Å². The standard InChI is InChI=1S/C15H29N3/c1-17(9-13-4-3-7-18(13)2)10-14-11-5-6-12(8-11)15(14)16/h11-15H,3-10,16H2,1-2H3. The molecule has 2 saturated carbocycles. The van der Waals surface area contributed by atoms with E-state index in [1.807, 2.05) is 0 Å². The van der Waals surface area contributed by atoms with E-state index in [-0.39, 0.29) is 0 Å². The van der Waals surface area contributed by atoms with Gasteiger partial charge in [0.05, 0.1) is 0 Å². The molecule has 2 aliphatic carbocycles. The van der Waals surface area contributed by atoms with E-state index in [0.29, 0.717) is 6.04 Å². The quantitative estimate of drug-likeness (QED) is 0.819. The molecule has 0 aromatic rings. The van der Waals surface area contributed by atoms with Crippen LogP contribution >= 0.6 is 0 Å². The lowest BCUT2D eigenvalue weighted by Gasteiger charge is -2.33. The van der Waals surface area contributed by atoms with Crippen molar-refractivity contribution in [2.75, 3.05) is 33.7 Å². The van der Waals surface area contributed by atoms with Gasteiger partial charge in [0.1, 0.15) is 0 Å². The fourth-order valence-electron chi connectivity index (χ4n) is 4.73. The highest BCUT2D eigenvalue weighted by Gasteiger charge is 2.45. The third kappa shape index (κ3) is 2.33. The molecule has 3 nitrogen and oxygen atoms in total. The Morgan fingerprint density at radius 2 is 1.94 bits per heavy atom. The average Bonchev–Trinajstić information content (AvgIpc) is 3.00. The number of rotatable bonds is 4. The Bertz CT molecular complexity index is 291. The Labute approximate surface area is 112 Å². The number of likely N-dealkylation sites (tertiary alicyclic amines) is 1. The molecule has 0 spiro atoms. The maximum Gasteiger partial charge on any atom is 0.0220 e. The third-order valence-corrected chi connectivity index (χ3v) is 5.87. The van der Waals surface area contributed by atoms with Crippen molar-refractivity contribution in [1.82, 2.24) is 9.80 Å². The van der Waals surface area contributed by atoms with E-state index in [2.05, 4.69) is 23.9 Å². The lowest BCUT2D eigenvalue weighted by atomic mass is 9.84. The first kappa shape index (κ1) is 12.9. The number of likely N-dealkylation sites (N-methyl/N-ethyl adjacent to an activating group) is 2. The third-order valence-electron chi connectivity index (χ3n) is 5.87. The monoisotopic (exact) mass is 251 g/mol. The highest BCUT2D eigenvalue weighted by atomic mass is 15.2. The highest BCUT2D eigenvalue weighted by molar-refractivity contribution is 4.99. The predicted molar refractivity (Wildman–Crippen MR) is 75.4 cm³/mol. The molecule has 1 heterocycles. The molecule has 18 heavy (non-hydrogen) atoms. The molecule has 1 saturated heterocycles. The summed E-state index contributed by atoms with van der Waals surface area (Å²) in [6, 6.07) is 1.28. The van der Waals surface area contributed by atoms with E-state index in [0.717, 1.165) is 23.8 Å². The van der Waals surface area contributed by atoms with Crippen molar-refractivity contribution in [3.05, 3.63) is 0 Å². The Kier molecular flexibility index (Phi) is 3.65. The summed E-state index contributed by atoms with van der Waals surface area (Å²) in [5.41, 5.74) is 6.41. The van der Waals surface area contributed by atoms with Crippen molar-refractivity contribution in [3.8, 4) is 0 Å². The molecule has 5 unspecified atom stereocenters. The van der Waals surface area contributed by atoms with Crippen molar-refractivity contribution < 1.29 is 0 Å². The van der Waals surface area contributed by atoms with Crippen LogP contribution in [0.4, 0.5) is 0 Å². The van der Waals surface area contributed by atoms with Gasteiger partial charge in [-0.3, -0.25) is 0 Å². The Balaban J connectivity index is 1.50. The Morgan fingerprint density at radius 3 is 2.56 bits per heavy atom. The maximum atomic E-state index is 6.41. The lowest BCUT2D eigenvalue weighted by molar-refractivity contribution is 0.164. The molecule has 1 aliphatic heterocycles. The lowest BCUT2D eigenvalue weighted by Crippen LogP contribution is -2.44. The maximum absolute atomic E-state index is 6.41. The normalized spacial score (nSPS) is 44.3. The van der Waals surface area contributed by atoms with Gasteiger partial charge < -0.3 is 15.5 Å². The second-order valence-corrected chi connectivity index (χ2v) is 7.07. The zero-order chi connectivity index (χ0) is 12.7. The number of hydrogen-bond donors (Lipinski definition) is 1. The van der Waals surface area contributed by atoms with Crippen molar-refractivity contribution >= 4 is 0 Å². The molecule has 2 bridgehead atoms. The SMILES string of the molecule is CN(CC1C2CCC(C2)C1N)CC1CCCN1C. The summed E-state index contributed by atoms with van der Waals surface area (Å²) in [7, 11) is 4.57. The Morgan fingerprint density at radius 1 is 1.17 bits per heavy atom. The highest BCUT2D eigenvalue weighted by Crippen LogP contribution is 2.47. The fourth-order valence-corrected chi connectivity index (χ4v) is 4.73. The zero-order valence-corrected chi connectivity index (χ0v) is 12.0. The van der Waals surface area contributed by atoms with Gasteiger partial charge in [0, 0.05) is 25.2 Å². The molecule has 0 radical (unpaired) electrons. The van der Waals surface area contributed by atoms with Crippen molar-refractivity contribution in [2.45, 2.75) is 44.2 Å². The van der Waals surface area contributed by atoms with Crippen LogP contribution < -0.4 is 5.73 Å². The fraction of sp³-hybridized carbons (Fsp3) is 1.00. The van der Waals surface area contributed by atoms with Gasteiger partial charge in [0.25, 0.3) is 0 Å². The first-order valence-corrected chi connectivity index (χ1v) is 7.79. The van der Waals surface area contributed by atoms with Crippen LogP contribution in [0.5, 0.6) is 0 Å². The summed E-state index contributed by atoms with van der Waals surface area (Å²) < 4.78 is 0. The summed E-state index contributed by atoms with van der Waals surface area (Å²) in [5.74, 6) is 2.57. The van der Waals surface area contributed by atoms with E-state index in [4.69, 9.17) is 5.73 Å². The van der Waals surface area contributed by atoms with Crippen LogP contribution in [0.2, 0.25) is 0 Å². The summed E-state index contributed by atoms with van der Waals surface area (Å²) in [4.78, 5) is 5.08. The van der Waals surface area contributed by atoms with Crippen molar-refractivity contribution in [3.63, 3.8) is 0 Å². The molecule has 3 fully saturated rings. The molecule has 3 heteroatoms. The van der Waals surface area contributed by atoms with E-state index < -0.39 is 0 Å². The molecule has 0 aromatic heterocycles. The van der Waals surface area contributed by atoms with Crippen molar-refractivity contribution in [2.24, 2.45) is 23.5 Å². The van der Waals surface area contributed by atoms with E-state index in [1.165, 1.54) is 51.7 Å². The predicted octanol–water partition coefficient (Wildman–Crippen LogP) is 1.39. The molecule has 0 aromatic carbocycles. The van der Waals surface area contributed by atoms with Crippen LogP contribution in [-0.4, -0.2) is 55.6 Å². The molecule has 0 amide bonds. The van der Waals surface area contributed by atoms with Gasteiger partial charge in [0.15, 0.2) is 0 Å². The van der Waals surface area contributed by atoms with Gasteiger partial charge in [-0.25, -0.2) is 0 Å². The molecular weight excluding hydrogens is 222 g/mol. The number of hydrogen-bond acceptors (Lipinski definition) is 3. The largest absolute Gasteiger partial charge is 0.327 e. The molecule has 3 rings (SSSR count). The van der Waals surface area contributed by atoms with Gasteiger partial charge in [-0.2, -0.15) is 0 Å². The first-order valence-electron chi connectivity index (χ1n) is 7.79. The molecular formula is C15H29N3. The van der Waals surface area contributed by atoms with Crippen LogP contribution in [0.25, 0.3) is 0 Å².